The summed E-state index contributed by atoms with van der Waals surface area (Å²) in [6.45, 7) is 9.62. The van der Waals surface area contributed by atoms with Gasteiger partial charge in [-0.1, -0.05) is 12.0 Å². The van der Waals surface area contributed by atoms with E-state index in [0.717, 1.165) is 97.8 Å². The fourth-order valence-electron chi connectivity index (χ4n) is 11.3. The van der Waals surface area contributed by atoms with Crippen molar-refractivity contribution in [1.82, 2.24) is 29.5 Å². The van der Waals surface area contributed by atoms with Crippen molar-refractivity contribution in [3.63, 3.8) is 0 Å². The average molecular weight is 804 g/mol. The maximum absolute atomic E-state index is 18.0. The molecule has 0 amide bonds. The number of nitrogens with zero attached hydrogens (tertiary/aromatic N) is 7. The van der Waals surface area contributed by atoms with Crippen molar-refractivity contribution in [2.24, 2.45) is 23.8 Å². The van der Waals surface area contributed by atoms with Gasteiger partial charge in [0.25, 0.3) is 0 Å². The molecular weight excluding hydrogens is 753 g/mol. The van der Waals surface area contributed by atoms with Gasteiger partial charge in [-0.15, -0.1) is 6.42 Å². The van der Waals surface area contributed by atoms with Crippen LogP contribution in [0.3, 0.4) is 0 Å². The van der Waals surface area contributed by atoms with Gasteiger partial charge in [0, 0.05) is 97.7 Å². The number of aromatic nitrogens is 4. The first-order valence-electron chi connectivity index (χ1n) is 21.5. The number of fused-ring (bicyclic) bond motifs is 6. The molecule has 5 saturated heterocycles. The summed E-state index contributed by atoms with van der Waals surface area (Å²) < 4.78 is 53.1. The highest BCUT2D eigenvalue weighted by Gasteiger charge is 2.48. The summed E-state index contributed by atoms with van der Waals surface area (Å²) in [7, 11) is 1.80. The SMILES string of the molecule is C#Cc1c(F)ccc2cc(O)cc(-c3c(F)c4nc(OCC5(CN6CCCC7(CCCOC7)C6)CC5)nc(N5[C@@H]6CC[C@H]5CN(CC5COC5)C6)c4c4cn(C)nc34)c12. The van der Waals surface area contributed by atoms with E-state index in [1.165, 1.54) is 37.5 Å². The van der Waals surface area contributed by atoms with Crippen LogP contribution in [0.4, 0.5) is 14.6 Å². The van der Waals surface area contributed by atoms with Crippen molar-refractivity contribution >= 4 is 38.4 Å². The molecule has 2 bridgehead atoms. The van der Waals surface area contributed by atoms with Crippen LogP contribution in [0.2, 0.25) is 0 Å². The Morgan fingerprint density at radius 2 is 1.80 bits per heavy atom. The topological polar surface area (TPSA) is 101 Å². The lowest BCUT2D eigenvalue weighted by atomic mass is 9.75. The summed E-state index contributed by atoms with van der Waals surface area (Å²) >= 11 is 0. The van der Waals surface area contributed by atoms with Crippen molar-refractivity contribution < 1.29 is 28.1 Å². The van der Waals surface area contributed by atoms with Crippen LogP contribution in [0.15, 0.2) is 30.5 Å². The van der Waals surface area contributed by atoms with Gasteiger partial charge >= 0.3 is 6.01 Å². The summed E-state index contributed by atoms with van der Waals surface area (Å²) in [5.41, 5.74) is 1.00. The van der Waals surface area contributed by atoms with E-state index >= 15 is 8.78 Å². The molecule has 6 fully saturated rings. The zero-order valence-electron chi connectivity index (χ0n) is 33.7. The number of aryl methyl sites for hydroxylation is 1. The zero-order valence-corrected chi connectivity index (χ0v) is 33.7. The van der Waals surface area contributed by atoms with Crippen LogP contribution in [0.25, 0.3) is 43.7 Å². The molecule has 0 radical (unpaired) electrons. The minimum atomic E-state index is -0.649. The van der Waals surface area contributed by atoms with Crippen LogP contribution in [0, 0.1) is 40.7 Å². The molecule has 1 spiro atoms. The van der Waals surface area contributed by atoms with Crippen LogP contribution < -0.4 is 9.64 Å². The fraction of sp³-hybridized carbons (Fsp3) is 0.543. The average Bonchev–Trinajstić information content (AvgIpc) is 3.78. The highest BCUT2D eigenvalue weighted by molar-refractivity contribution is 6.18. The molecule has 5 aromatic rings. The molecule has 1 saturated carbocycles. The summed E-state index contributed by atoms with van der Waals surface area (Å²) in [5.74, 6) is 2.34. The highest BCUT2D eigenvalue weighted by atomic mass is 19.1. The Hall–Kier alpha value is -4.61. The second kappa shape index (κ2) is 14.3. The normalized spacial score (nSPS) is 25.9. The van der Waals surface area contributed by atoms with Crippen LogP contribution in [-0.4, -0.2) is 119 Å². The minimum absolute atomic E-state index is 0.0123. The fourth-order valence-corrected chi connectivity index (χ4v) is 11.3. The van der Waals surface area contributed by atoms with E-state index in [2.05, 4.69) is 20.6 Å². The Kier molecular flexibility index (Phi) is 9.03. The molecule has 3 atom stereocenters. The molecule has 6 aliphatic rings. The van der Waals surface area contributed by atoms with Gasteiger partial charge in [-0.3, -0.25) is 9.58 Å². The number of aromatic hydroxyl groups is 1. The van der Waals surface area contributed by atoms with E-state index in [9.17, 15) is 5.11 Å². The van der Waals surface area contributed by atoms with Gasteiger partial charge in [0.05, 0.1) is 37.4 Å². The van der Waals surface area contributed by atoms with Crippen molar-refractivity contribution in [2.45, 2.75) is 63.5 Å². The number of piperazine rings is 1. The number of likely N-dealkylation sites (tertiary alicyclic amines) is 2. The number of hydrogen-bond acceptors (Lipinski definition) is 10. The molecule has 59 heavy (non-hydrogen) atoms. The number of ether oxygens (including phenoxy) is 3. The Balaban J connectivity index is 1.02. The smallest absolute Gasteiger partial charge is 0.319 e. The van der Waals surface area contributed by atoms with Gasteiger partial charge in [0.2, 0.25) is 0 Å². The molecule has 11 rings (SSSR count). The number of hydrogen-bond donors (Lipinski definition) is 1. The summed E-state index contributed by atoms with van der Waals surface area (Å²) in [5, 5.41) is 17.8. The molecule has 7 heterocycles. The van der Waals surface area contributed by atoms with E-state index in [4.69, 9.17) is 35.7 Å². The number of terminal acetylenes is 1. The number of rotatable bonds is 9. The molecule has 13 heteroatoms. The first-order chi connectivity index (χ1) is 28.7. The van der Waals surface area contributed by atoms with E-state index in [1.54, 1.807) is 17.8 Å². The van der Waals surface area contributed by atoms with Gasteiger partial charge in [0.15, 0.2) is 5.82 Å². The summed E-state index contributed by atoms with van der Waals surface area (Å²) in [6, 6.07) is 6.26. The van der Waals surface area contributed by atoms with Gasteiger partial charge in [-0.25, -0.2) is 8.78 Å². The molecule has 1 aliphatic carbocycles. The number of piperidine rings is 1. The Bertz CT molecular complexity index is 2500. The van der Waals surface area contributed by atoms with E-state index in [-0.39, 0.29) is 56.9 Å². The number of benzene rings is 3. The van der Waals surface area contributed by atoms with E-state index < -0.39 is 11.6 Å². The van der Waals surface area contributed by atoms with Crippen LogP contribution in [0.1, 0.15) is 56.9 Å². The number of phenolic OH excluding ortho intramolecular Hbond substituents is 1. The molecule has 5 aliphatic heterocycles. The minimum Gasteiger partial charge on any atom is -0.508 e. The maximum Gasteiger partial charge on any atom is 0.319 e. The maximum atomic E-state index is 18.0. The first-order valence-corrected chi connectivity index (χ1v) is 21.5. The summed E-state index contributed by atoms with van der Waals surface area (Å²) in [6.07, 6.45) is 16.6. The second-order valence-electron chi connectivity index (χ2n) is 18.6. The van der Waals surface area contributed by atoms with Gasteiger partial charge < -0.3 is 29.1 Å². The molecule has 308 valence electrons. The molecule has 1 unspecified atom stereocenters. The molecule has 2 aromatic heterocycles. The summed E-state index contributed by atoms with van der Waals surface area (Å²) in [4.78, 5) is 17.7. The van der Waals surface area contributed by atoms with Gasteiger partial charge in [-0.05, 0) is 87.1 Å². The standard InChI is InChI=1S/C46H51F2N7O4/c1-3-33-36(47)9-6-29-16-32(56)17-34(37(29)33)38-40(48)42-39(35-21-52(2)51-41(35)38)43(55-30-7-8-31(55)20-54(19-30)18-28-22-58-23-28)50-44(49-42)59-27-46(12-13-46)25-53-14-4-10-45(24-53)11-5-15-57-26-45/h1,6,9,16-17,21,28,30-31,56H,4-5,7-8,10-15,18-20,22-27H2,2H3/t30-,31+,45?. The van der Waals surface area contributed by atoms with Crippen molar-refractivity contribution in [2.75, 3.05) is 77.2 Å². The predicted molar refractivity (Wildman–Crippen MR) is 222 cm³/mol. The van der Waals surface area contributed by atoms with Gasteiger partial charge in [-0.2, -0.15) is 15.1 Å². The highest BCUT2D eigenvalue weighted by Crippen LogP contribution is 2.50. The monoisotopic (exact) mass is 803 g/mol. The van der Waals surface area contributed by atoms with Crippen molar-refractivity contribution in [3.8, 4) is 35.2 Å². The van der Waals surface area contributed by atoms with Crippen molar-refractivity contribution in [1.29, 1.82) is 0 Å². The largest absolute Gasteiger partial charge is 0.508 e. The Morgan fingerprint density at radius 1 is 0.983 bits per heavy atom. The number of anilines is 1. The molecule has 1 N–H and O–H groups in total. The molecule has 11 nitrogen and oxygen atoms in total. The Morgan fingerprint density at radius 3 is 2.53 bits per heavy atom. The third-order valence-corrected chi connectivity index (χ3v) is 14.3. The van der Waals surface area contributed by atoms with Crippen LogP contribution in [0.5, 0.6) is 11.8 Å². The second-order valence-corrected chi connectivity index (χ2v) is 18.6. The van der Waals surface area contributed by atoms with Crippen LogP contribution >= 0.6 is 0 Å². The first kappa shape index (κ1) is 37.4. The molecule has 3 aromatic carbocycles. The Labute approximate surface area is 342 Å². The number of halogens is 2. The lowest BCUT2D eigenvalue weighted by molar-refractivity contribution is -0.0534. The number of phenols is 1. The van der Waals surface area contributed by atoms with E-state index in [0.29, 0.717) is 45.4 Å². The molecular formula is C46H51F2N7O4. The van der Waals surface area contributed by atoms with Gasteiger partial charge in [0.1, 0.15) is 28.4 Å². The van der Waals surface area contributed by atoms with E-state index in [1.807, 2.05) is 6.20 Å². The lowest BCUT2D eigenvalue weighted by Gasteiger charge is -2.45. The predicted octanol–water partition coefficient (Wildman–Crippen LogP) is 6.65. The van der Waals surface area contributed by atoms with Crippen LogP contribution in [-0.2, 0) is 16.5 Å². The zero-order chi connectivity index (χ0) is 40.0. The lowest BCUT2D eigenvalue weighted by Crippen LogP contribution is -2.56. The van der Waals surface area contributed by atoms with Crippen molar-refractivity contribution in [3.05, 3.63) is 47.7 Å². The third-order valence-electron chi connectivity index (χ3n) is 14.3. The third kappa shape index (κ3) is 6.49. The quantitative estimate of drug-likeness (QED) is 0.163.